The Morgan fingerprint density at radius 1 is 0.558 bits per heavy atom. The van der Waals surface area contributed by atoms with Crippen LogP contribution in [-0.2, 0) is 36.2 Å². The van der Waals surface area contributed by atoms with E-state index in [9.17, 15) is 42.9 Å². The number of aliphatic hydroxyl groups is 3. The summed E-state index contributed by atoms with van der Waals surface area (Å²) < 4.78 is 57.5. The number of benzene rings is 2. The van der Waals surface area contributed by atoms with E-state index >= 15 is 0 Å². The largest absolute Gasteiger partial charge is 0.388 e. The second-order valence-corrected chi connectivity index (χ2v) is 29.9. The maximum Gasteiger partial charge on any atom is 0.254 e. The third kappa shape index (κ3) is 15.0. The van der Waals surface area contributed by atoms with Gasteiger partial charge in [-0.1, -0.05) is 12.1 Å². The number of nitrogens with zero attached hydrogens (tertiary/aromatic N) is 14. The predicted molar refractivity (Wildman–Crippen MR) is 421 cm³/mol. The number of pyridine rings is 7. The van der Waals surface area contributed by atoms with Crippen LogP contribution in [0.15, 0.2) is 159 Å². The Hall–Kier alpha value is -12.1. The number of imidazole rings is 2. The molecular formula is C82H83F3N20O8. The van der Waals surface area contributed by atoms with E-state index in [0.29, 0.717) is 115 Å². The Kier molecular flexibility index (Phi) is 19.9. The molecule has 2 aromatic carbocycles. The zero-order valence-electron chi connectivity index (χ0n) is 62.2. The summed E-state index contributed by atoms with van der Waals surface area (Å²) >= 11 is 0. The average Bonchev–Trinajstić information content (AvgIpc) is 1.62. The zero-order chi connectivity index (χ0) is 77.8. The number of β-amino-alcohol motifs (C(OH)–C–C–N with tert-alkyl or cyclic N) is 2. The van der Waals surface area contributed by atoms with Crippen LogP contribution in [0.4, 0.5) is 64.7 Å². The van der Waals surface area contributed by atoms with Gasteiger partial charge in [-0.2, -0.15) is 0 Å². The summed E-state index contributed by atoms with van der Waals surface area (Å²) in [5.41, 5.74) is 14.1. The van der Waals surface area contributed by atoms with Gasteiger partial charge in [0.05, 0.1) is 136 Å². The molecule has 7 aliphatic rings. The fourth-order valence-electron chi connectivity index (χ4n) is 16.0. The minimum absolute atomic E-state index is 0.126. The number of nitrogens with one attached hydrogen (secondary N) is 6. The second-order valence-electron chi connectivity index (χ2n) is 29.9. The molecule has 4 saturated heterocycles. The van der Waals surface area contributed by atoms with Crippen molar-refractivity contribution in [2.75, 3.05) is 109 Å². The minimum Gasteiger partial charge on any atom is -0.388 e. The lowest BCUT2D eigenvalue weighted by Crippen LogP contribution is -2.53. The van der Waals surface area contributed by atoms with E-state index in [4.69, 9.17) is 14.5 Å². The molecule has 580 valence electrons. The Bertz CT molecular complexity index is 5610. The molecule has 28 nitrogen and oxygen atoms in total. The van der Waals surface area contributed by atoms with Crippen molar-refractivity contribution in [3.63, 3.8) is 0 Å². The molecule has 0 bridgehead atoms. The van der Waals surface area contributed by atoms with Crippen LogP contribution in [0.3, 0.4) is 0 Å². The van der Waals surface area contributed by atoms with Crippen molar-refractivity contribution in [1.29, 1.82) is 0 Å². The molecule has 31 heteroatoms. The number of piperidine rings is 2. The van der Waals surface area contributed by atoms with Crippen LogP contribution in [0.1, 0.15) is 80.9 Å². The highest BCUT2D eigenvalue weighted by Gasteiger charge is 2.38. The lowest BCUT2D eigenvalue weighted by atomic mass is 9.90. The molecule has 17 heterocycles. The third-order valence-corrected chi connectivity index (χ3v) is 22.1. The highest BCUT2D eigenvalue weighted by Crippen LogP contribution is 2.41. The molecular weight excluding hydrogens is 1450 g/mol. The van der Waals surface area contributed by atoms with Crippen LogP contribution in [0.25, 0.3) is 56.1 Å². The van der Waals surface area contributed by atoms with E-state index in [1.165, 1.54) is 24.3 Å². The van der Waals surface area contributed by atoms with Crippen LogP contribution in [-0.4, -0.2) is 195 Å². The Morgan fingerprint density at radius 2 is 1.09 bits per heavy atom. The summed E-state index contributed by atoms with van der Waals surface area (Å²) in [7, 11) is 1.96. The molecule has 10 aromatic heterocycles. The Labute approximate surface area is 646 Å². The van der Waals surface area contributed by atoms with Gasteiger partial charge in [0.15, 0.2) is 0 Å². The number of hydrogen-bond donors (Lipinski definition) is 9. The number of aromatic nitrogens is 10. The van der Waals surface area contributed by atoms with Gasteiger partial charge in [0.1, 0.15) is 64.4 Å². The molecule has 12 aromatic rings. The van der Waals surface area contributed by atoms with Crippen LogP contribution in [0.2, 0.25) is 0 Å². The SMILES string of the molecule is CC(C)(O)[C@H]1CN(c2ccc(Nc3ccc(-c4cnc5cc(F)ccn45)c4c3C(=O)NC4)nc2)CCO1.Cn1ccc2c(-c3ncc(Nc4ccc(N5CCC(O)(CN6CCOCC6)CC5)cn4)c4c3CNC4=O)ccnc21.O=C1NCc2c(-c3cnc4cc(F)ccn34)ccc(Nc3ccc(N4CC[C@H](F)[C@@H](O)C4)cn3)c21. The Morgan fingerprint density at radius 3 is 1.63 bits per heavy atom. The average molecular weight is 1530 g/mol. The molecule has 9 N–H and O–H groups in total. The van der Waals surface area contributed by atoms with E-state index in [2.05, 4.69) is 76.5 Å². The van der Waals surface area contributed by atoms with Crippen molar-refractivity contribution in [3.8, 4) is 33.8 Å². The highest BCUT2D eigenvalue weighted by atomic mass is 19.1. The summed E-state index contributed by atoms with van der Waals surface area (Å²) in [5.74, 6) is 0.601. The van der Waals surface area contributed by atoms with Gasteiger partial charge < -0.3 is 76.0 Å². The fourth-order valence-corrected chi connectivity index (χ4v) is 16.0. The number of anilines is 9. The minimum atomic E-state index is -1.20. The second kappa shape index (κ2) is 30.5. The van der Waals surface area contributed by atoms with E-state index in [1.54, 1.807) is 73.9 Å². The molecule has 7 aliphatic heterocycles. The molecule has 0 radical (unpaired) electrons. The topological polar surface area (TPSA) is 319 Å². The number of alkyl halides is 1. The lowest BCUT2D eigenvalue weighted by molar-refractivity contribution is -0.0928. The first-order valence-corrected chi connectivity index (χ1v) is 37.7. The van der Waals surface area contributed by atoms with Crippen molar-refractivity contribution >= 4 is 91.6 Å². The molecule has 0 saturated carbocycles. The van der Waals surface area contributed by atoms with Gasteiger partial charge in [0.25, 0.3) is 17.7 Å². The quantitative estimate of drug-likeness (QED) is 0.0461. The Balaban J connectivity index is 0.000000123. The number of carbonyl (C=O) groups excluding carboxylic acids is 3. The van der Waals surface area contributed by atoms with E-state index in [0.717, 1.165) is 131 Å². The molecule has 3 amide bonds. The molecule has 0 spiro atoms. The number of hydrogen-bond acceptors (Lipinski definition) is 22. The van der Waals surface area contributed by atoms with Gasteiger partial charge >= 0.3 is 0 Å². The van der Waals surface area contributed by atoms with Crippen molar-refractivity contribution in [2.24, 2.45) is 7.05 Å². The summed E-state index contributed by atoms with van der Waals surface area (Å²) in [6.45, 7) is 12.7. The smallest absolute Gasteiger partial charge is 0.254 e. The molecule has 19 rings (SSSR count). The number of ether oxygens (including phenoxy) is 2. The third-order valence-electron chi connectivity index (χ3n) is 22.1. The number of carbonyl (C=O) groups is 3. The van der Waals surface area contributed by atoms with E-state index in [-0.39, 0.29) is 48.4 Å². The van der Waals surface area contributed by atoms with Gasteiger partial charge in [-0.15, -0.1) is 0 Å². The molecule has 4 fully saturated rings. The van der Waals surface area contributed by atoms with Crippen molar-refractivity contribution in [2.45, 2.75) is 82.3 Å². The van der Waals surface area contributed by atoms with Crippen LogP contribution in [0, 0.1) is 11.6 Å². The molecule has 0 aliphatic carbocycles. The maximum atomic E-state index is 13.6. The predicted octanol–water partition coefficient (Wildman–Crippen LogP) is 9.61. The lowest BCUT2D eigenvalue weighted by Gasteiger charge is -2.42. The standard InChI is InChI=1S/C30H34N8O3.C27H27FN6O3.C25H22F2N6O2/c1-36-9-5-22-21(4-8-31-28(22)36)27-23-17-34-29(39)26(23)24(18-33-27)35-25-3-2-20(16-32-25)38-10-6-30(40,7-11-38)19-37-12-14-41-15-13-37;1-27(2,36)22-15-33(9-10-37-22)17-3-6-23(29-12-17)32-20-5-4-18(19-13-31-26(35)25(19)20)21-14-30-24-11-16(28)7-8-34(21)24;26-14-5-8-33-20(12-29-23(33)9-14)16-2-3-19(24-17(16)11-30-25(24)35)31-22-4-1-15(10-28-22)32-7-6-18(27)21(34)13-32/h2-5,8-9,16,18,40H,6-7,10-15,17,19H2,1H3,(H,32,35)(H,34,39);3-8,11-12,14,22,36H,9-10,13,15H2,1-2H3,(H,29,32)(H,31,35);1-5,8-10,12,18,21,34H,6-7,11,13H2,(H,28,31)(H,30,35)/t;22-;18-,21-/m.10/s1. The van der Waals surface area contributed by atoms with Crippen molar-refractivity contribution in [3.05, 3.63) is 204 Å². The first-order valence-electron chi connectivity index (χ1n) is 37.7. The number of rotatable bonds is 15. The summed E-state index contributed by atoms with van der Waals surface area (Å²) in [4.78, 5) is 78.6. The summed E-state index contributed by atoms with van der Waals surface area (Å²) in [6, 6.07) is 28.4. The highest BCUT2D eigenvalue weighted by molar-refractivity contribution is 6.08. The van der Waals surface area contributed by atoms with Gasteiger partial charge in [-0.25, -0.2) is 43.1 Å². The normalized spacial score (nSPS) is 18.7. The van der Waals surface area contributed by atoms with Gasteiger partial charge in [-0.05, 0) is 117 Å². The first-order chi connectivity index (χ1) is 54.7. The molecule has 0 unspecified atom stereocenters. The van der Waals surface area contributed by atoms with Crippen LogP contribution < -0.4 is 46.6 Å². The van der Waals surface area contributed by atoms with Gasteiger partial charge in [0.2, 0.25) is 0 Å². The van der Waals surface area contributed by atoms with E-state index < -0.39 is 23.5 Å². The zero-order valence-corrected chi connectivity index (χ0v) is 62.2. The monoisotopic (exact) mass is 1530 g/mol. The number of aliphatic hydroxyl groups excluding tert-OH is 1. The van der Waals surface area contributed by atoms with E-state index in [1.807, 2.05) is 100 Å². The molecule has 113 heavy (non-hydrogen) atoms. The number of amides is 3. The number of morpholine rings is 2. The maximum absolute atomic E-state index is 13.6. The summed E-state index contributed by atoms with van der Waals surface area (Å²) in [5, 5.41) is 50.9. The van der Waals surface area contributed by atoms with Crippen molar-refractivity contribution < 1.29 is 52.3 Å². The van der Waals surface area contributed by atoms with Gasteiger partial charge in [-0.3, -0.25) is 33.1 Å². The van der Waals surface area contributed by atoms with Crippen molar-refractivity contribution in [1.82, 2.24) is 69.1 Å². The first kappa shape index (κ1) is 73.7. The van der Waals surface area contributed by atoms with Crippen LogP contribution in [0.5, 0.6) is 0 Å². The number of fused-ring (bicyclic) bond motifs is 6. The molecule has 3 atom stereocenters. The fraction of sp³-hybridized carbons (Fsp3) is 0.317. The van der Waals surface area contributed by atoms with Gasteiger partial charge in [0, 0.05) is 150 Å². The number of halogens is 3. The summed E-state index contributed by atoms with van der Waals surface area (Å²) in [6.07, 6.45) is 16.6. The van der Waals surface area contributed by atoms with Crippen LogP contribution >= 0.6 is 0 Å². The number of aryl methyl sites for hydroxylation is 1.